The molecule has 1 aromatic heterocycles. The Kier molecular flexibility index (Phi) is 1.96. The van der Waals surface area contributed by atoms with Gasteiger partial charge in [-0.1, -0.05) is 18.2 Å². The number of nitrogens with two attached hydrogens (primary N) is 1. The van der Waals surface area contributed by atoms with Crippen molar-refractivity contribution in [1.82, 2.24) is 4.98 Å². The number of pyridine rings is 1. The third-order valence-corrected chi connectivity index (χ3v) is 2.76. The summed E-state index contributed by atoms with van der Waals surface area (Å²) in [5.41, 5.74) is 8.61. The average molecular weight is 237 g/mol. The van der Waals surface area contributed by atoms with E-state index in [0.29, 0.717) is 0 Å². The van der Waals surface area contributed by atoms with Crippen molar-refractivity contribution < 1.29 is 0 Å². The normalized spacial score (nSPS) is 10.6. The summed E-state index contributed by atoms with van der Waals surface area (Å²) in [5, 5.41) is 1.11. The molecule has 1 heterocycles. The molecule has 2 aromatic rings. The molecule has 0 radical (unpaired) electrons. The SMILES string of the molecule is Cc1c(N)c(Br)nc2ccccc12. The van der Waals surface area contributed by atoms with Crippen molar-refractivity contribution in [1.29, 1.82) is 0 Å². The molecular formula is C10H9BrN2. The Hall–Kier alpha value is -1.09. The molecule has 0 saturated carbocycles. The van der Waals surface area contributed by atoms with Crippen molar-refractivity contribution in [2.75, 3.05) is 5.73 Å². The van der Waals surface area contributed by atoms with Crippen LogP contribution < -0.4 is 5.73 Å². The molecule has 2 N–H and O–H groups in total. The minimum Gasteiger partial charge on any atom is -0.396 e. The van der Waals surface area contributed by atoms with Crippen molar-refractivity contribution in [2.24, 2.45) is 0 Å². The van der Waals surface area contributed by atoms with Gasteiger partial charge in [0, 0.05) is 5.39 Å². The fourth-order valence-electron chi connectivity index (χ4n) is 1.35. The lowest BCUT2D eigenvalue weighted by molar-refractivity contribution is 1.32. The third-order valence-electron chi connectivity index (χ3n) is 2.15. The molecule has 66 valence electrons. The predicted octanol–water partition coefficient (Wildman–Crippen LogP) is 2.89. The van der Waals surface area contributed by atoms with Crippen LogP contribution in [0.15, 0.2) is 28.9 Å². The van der Waals surface area contributed by atoms with Crippen LogP contribution in [-0.4, -0.2) is 4.98 Å². The molecule has 0 spiro atoms. The van der Waals surface area contributed by atoms with E-state index in [1.807, 2.05) is 31.2 Å². The molecule has 0 saturated heterocycles. The van der Waals surface area contributed by atoms with Gasteiger partial charge in [0.15, 0.2) is 0 Å². The molecule has 3 heteroatoms. The zero-order valence-electron chi connectivity index (χ0n) is 7.21. The fourth-order valence-corrected chi connectivity index (χ4v) is 1.84. The second kappa shape index (κ2) is 3.00. The third kappa shape index (κ3) is 1.29. The first-order valence-corrected chi connectivity index (χ1v) is 4.80. The van der Waals surface area contributed by atoms with Gasteiger partial charge < -0.3 is 5.73 Å². The Bertz CT molecular complexity index is 466. The second-order valence-electron chi connectivity index (χ2n) is 2.96. The second-order valence-corrected chi connectivity index (χ2v) is 3.71. The summed E-state index contributed by atoms with van der Waals surface area (Å²) in [4.78, 5) is 4.33. The van der Waals surface area contributed by atoms with Gasteiger partial charge in [-0.2, -0.15) is 0 Å². The maximum atomic E-state index is 5.84. The van der Waals surface area contributed by atoms with E-state index in [1.165, 1.54) is 0 Å². The molecule has 1 aromatic carbocycles. The fraction of sp³-hybridized carbons (Fsp3) is 0.100. The van der Waals surface area contributed by atoms with Crippen LogP contribution >= 0.6 is 15.9 Å². The number of para-hydroxylation sites is 1. The molecule has 0 aliphatic heterocycles. The van der Waals surface area contributed by atoms with Gasteiger partial charge >= 0.3 is 0 Å². The molecule has 0 atom stereocenters. The number of hydrogen-bond donors (Lipinski definition) is 1. The lowest BCUT2D eigenvalue weighted by Gasteiger charge is -2.06. The van der Waals surface area contributed by atoms with Crippen molar-refractivity contribution in [3.63, 3.8) is 0 Å². The van der Waals surface area contributed by atoms with Gasteiger partial charge in [-0.05, 0) is 34.5 Å². The maximum Gasteiger partial charge on any atom is 0.129 e. The van der Waals surface area contributed by atoms with Gasteiger partial charge in [-0.15, -0.1) is 0 Å². The van der Waals surface area contributed by atoms with Gasteiger partial charge in [0.05, 0.1) is 11.2 Å². The van der Waals surface area contributed by atoms with Gasteiger partial charge in [0.2, 0.25) is 0 Å². The zero-order chi connectivity index (χ0) is 9.42. The van der Waals surface area contributed by atoms with Crippen LogP contribution in [0.5, 0.6) is 0 Å². The van der Waals surface area contributed by atoms with Crippen LogP contribution in [0.4, 0.5) is 5.69 Å². The molecule has 0 aliphatic rings. The monoisotopic (exact) mass is 236 g/mol. The average Bonchev–Trinajstić information content (AvgIpc) is 2.15. The van der Waals surface area contributed by atoms with Crippen LogP contribution in [0.3, 0.4) is 0 Å². The highest BCUT2D eigenvalue weighted by Gasteiger charge is 2.05. The standard InChI is InChI=1S/C10H9BrN2/c1-6-7-4-2-3-5-8(7)13-10(11)9(6)12/h2-5H,12H2,1H3. The number of aromatic nitrogens is 1. The van der Waals surface area contributed by atoms with Crippen molar-refractivity contribution in [3.05, 3.63) is 34.4 Å². The molecule has 2 nitrogen and oxygen atoms in total. The van der Waals surface area contributed by atoms with E-state index in [4.69, 9.17) is 5.73 Å². The first-order valence-electron chi connectivity index (χ1n) is 4.00. The smallest absolute Gasteiger partial charge is 0.129 e. The first-order chi connectivity index (χ1) is 6.20. The summed E-state index contributed by atoms with van der Waals surface area (Å²) >= 11 is 3.33. The van der Waals surface area contributed by atoms with Crippen LogP contribution in [0, 0.1) is 6.92 Å². The highest BCUT2D eigenvalue weighted by atomic mass is 79.9. The Morgan fingerprint density at radius 1 is 1.31 bits per heavy atom. The van der Waals surface area contributed by atoms with E-state index in [1.54, 1.807) is 0 Å². The predicted molar refractivity (Wildman–Crippen MR) is 58.6 cm³/mol. The summed E-state index contributed by atoms with van der Waals surface area (Å²) in [6.07, 6.45) is 0. The summed E-state index contributed by atoms with van der Waals surface area (Å²) in [7, 11) is 0. The summed E-state index contributed by atoms with van der Waals surface area (Å²) in [6, 6.07) is 7.97. The van der Waals surface area contributed by atoms with Crippen LogP contribution in [0.25, 0.3) is 10.9 Å². The van der Waals surface area contributed by atoms with Crippen LogP contribution in [0.2, 0.25) is 0 Å². The minimum atomic E-state index is 0.721. The van der Waals surface area contributed by atoms with Crippen molar-refractivity contribution in [2.45, 2.75) is 6.92 Å². The number of nitrogens with zero attached hydrogens (tertiary/aromatic N) is 1. The highest BCUT2D eigenvalue weighted by molar-refractivity contribution is 9.10. The lowest BCUT2D eigenvalue weighted by atomic mass is 10.1. The Balaban J connectivity index is 2.94. The zero-order valence-corrected chi connectivity index (χ0v) is 8.80. The molecule has 13 heavy (non-hydrogen) atoms. The van der Waals surface area contributed by atoms with Gasteiger partial charge in [-0.3, -0.25) is 0 Å². The number of rotatable bonds is 0. The Morgan fingerprint density at radius 2 is 2.00 bits per heavy atom. The molecule has 0 aliphatic carbocycles. The molecule has 0 unspecified atom stereocenters. The van der Waals surface area contributed by atoms with E-state index >= 15 is 0 Å². The van der Waals surface area contributed by atoms with E-state index in [0.717, 1.165) is 26.8 Å². The lowest BCUT2D eigenvalue weighted by Crippen LogP contribution is -1.95. The molecular weight excluding hydrogens is 228 g/mol. The topological polar surface area (TPSA) is 38.9 Å². The quantitative estimate of drug-likeness (QED) is 0.715. The van der Waals surface area contributed by atoms with Gasteiger partial charge in [0.1, 0.15) is 4.60 Å². The first kappa shape index (κ1) is 8.51. The van der Waals surface area contributed by atoms with E-state index < -0.39 is 0 Å². The number of anilines is 1. The Morgan fingerprint density at radius 3 is 2.77 bits per heavy atom. The summed E-state index contributed by atoms with van der Waals surface area (Å²) in [6.45, 7) is 2.00. The highest BCUT2D eigenvalue weighted by Crippen LogP contribution is 2.27. The molecule has 0 bridgehead atoms. The minimum absolute atomic E-state index is 0.721. The number of halogens is 1. The number of nitrogen functional groups attached to an aromatic ring is 1. The number of aryl methyl sites for hydroxylation is 1. The summed E-state index contributed by atoms with van der Waals surface area (Å²) in [5.74, 6) is 0. The van der Waals surface area contributed by atoms with Crippen molar-refractivity contribution >= 4 is 32.5 Å². The summed E-state index contributed by atoms with van der Waals surface area (Å²) < 4.78 is 0.726. The van der Waals surface area contributed by atoms with Crippen molar-refractivity contribution in [3.8, 4) is 0 Å². The van der Waals surface area contributed by atoms with Gasteiger partial charge in [-0.25, -0.2) is 4.98 Å². The molecule has 2 rings (SSSR count). The Labute approximate surface area is 84.9 Å². The number of hydrogen-bond acceptors (Lipinski definition) is 2. The largest absolute Gasteiger partial charge is 0.396 e. The van der Waals surface area contributed by atoms with Crippen LogP contribution in [-0.2, 0) is 0 Å². The van der Waals surface area contributed by atoms with E-state index in [9.17, 15) is 0 Å². The van der Waals surface area contributed by atoms with Crippen LogP contribution in [0.1, 0.15) is 5.56 Å². The molecule has 0 amide bonds. The van der Waals surface area contributed by atoms with E-state index in [-0.39, 0.29) is 0 Å². The number of benzene rings is 1. The molecule has 0 fully saturated rings. The van der Waals surface area contributed by atoms with Gasteiger partial charge in [0.25, 0.3) is 0 Å². The maximum absolute atomic E-state index is 5.84. The number of fused-ring (bicyclic) bond motifs is 1. The van der Waals surface area contributed by atoms with E-state index in [2.05, 4.69) is 20.9 Å².